The zero-order valence-corrected chi connectivity index (χ0v) is 22.5. The maximum atomic E-state index is 13.5. The van der Waals surface area contributed by atoms with Gasteiger partial charge in [0.1, 0.15) is 28.9 Å². The molecule has 0 radical (unpaired) electrons. The molecule has 0 aliphatic carbocycles. The molecular formula is C29H34N2O5S. The highest BCUT2D eigenvalue weighted by Gasteiger charge is 2.40. The van der Waals surface area contributed by atoms with E-state index in [4.69, 9.17) is 9.47 Å². The molecule has 8 heteroatoms. The minimum absolute atomic E-state index is 0.289. The third-order valence-electron chi connectivity index (χ3n) is 6.96. The monoisotopic (exact) mass is 522 g/mol. The molecule has 7 nitrogen and oxygen atoms in total. The highest BCUT2D eigenvalue weighted by atomic mass is 32.2. The van der Waals surface area contributed by atoms with Crippen LogP contribution in [-0.2, 0) is 14.8 Å². The van der Waals surface area contributed by atoms with Gasteiger partial charge in [-0.25, -0.2) is 8.42 Å². The SMILES string of the molecule is CCC1(CC)C[C@@H](NC(=O)[C@H](C)N(c2ccc(Oc3ccccc3)cc2)S(C)(=O)=O)c2ccccc2O1. The van der Waals surface area contributed by atoms with Crippen LogP contribution in [0.25, 0.3) is 0 Å². The molecule has 2 atom stereocenters. The van der Waals surface area contributed by atoms with Gasteiger partial charge in [-0.15, -0.1) is 0 Å². The molecule has 0 fully saturated rings. The summed E-state index contributed by atoms with van der Waals surface area (Å²) < 4.78 is 39.0. The smallest absolute Gasteiger partial charge is 0.244 e. The molecule has 1 amide bonds. The van der Waals surface area contributed by atoms with Gasteiger partial charge in [-0.2, -0.15) is 0 Å². The normalized spacial score (nSPS) is 17.1. The highest BCUT2D eigenvalue weighted by molar-refractivity contribution is 7.92. The Bertz CT molecular complexity index is 1320. The predicted octanol–water partition coefficient (Wildman–Crippen LogP) is 5.83. The van der Waals surface area contributed by atoms with Crippen molar-refractivity contribution in [2.24, 2.45) is 0 Å². The summed E-state index contributed by atoms with van der Waals surface area (Å²) in [4.78, 5) is 13.5. The zero-order valence-electron chi connectivity index (χ0n) is 21.7. The molecule has 0 bridgehead atoms. The lowest BCUT2D eigenvalue weighted by molar-refractivity contribution is -0.123. The van der Waals surface area contributed by atoms with Crippen molar-refractivity contribution in [1.82, 2.24) is 5.32 Å². The van der Waals surface area contributed by atoms with E-state index < -0.39 is 16.1 Å². The Labute approximate surface area is 219 Å². The number of nitrogens with zero attached hydrogens (tertiary/aromatic N) is 1. The number of ether oxygens (including phenoxy) is 2. The average molecular weight is 523 g/mol. The first kappa shape index (κ1) is 26.5. The van der Waals surface area contributed by atoms with Crippen LogP contribution in [0.2, 0.25) is 0 Å². The van der Waals surface area contributed by atoms with E-state index in [0.29, 0.717) is 23.6 Å². The Morgan fingerprint density at radius 2 is 1.59 bits per heavy atom. The minimum Gasteiger partial charge on any atom is -0.487 e. The van der Waals surface area contributed by atoms with Gasteiger partial charge in [0.15, 0.2) is 0 Å². The topological polar surface area (TPSA) is 84.9 Å². The standard InChI is InChI=1S/C29H34N2O5S/c1-5-29(6-2)20-26(25-14-10-11-15-27(25)36-29)30-28(32)21(3)31(37(4,33)34)22-16-18-24(19-17-22)35-23-12-8-7-9-13-23/h7-19,21,26H,5-6,20H2,1-4H3,(H,30,32)/t21-,26+/m0/s1. The van der Waals surface area contributed by atoms with Crippen molar-refractivity contribution in [3.05, 3.63) is 84.4 Å². The van der Waals surface area contributed by atoms with Crippen molar-refractivity contribution < 1.29 is 22.7 Å². The third kappa shape index (κ3) is 5.91. The van der Waals surface area contributed by atoms with E-state index in [0.717, 1.165) is 34.7 Å². The Hall–Kier alpha value is -3.52. The fourth-order valence-electron chi connectivity index (χ4n) is 4.82. The van der Waals surface area contributed by atoms with Crippen LogP contribution in [0.4, 0.5) is 5.69 Å². The lowest BCUT2D eigenvalue weighted by Crippen LogP contribution is -2.51. The van der Waals surface area contributed by atoms with Crippen LogP contribution < -0.4 is 19.1 Å². The minimum atomic E-state index is -3.76. The molecule has 0 aromatic heterocycles. The number of hydrogen-bond acceptors (Lipinski definition) is 5. The van der Waals surface area contributed by atoms with Gasteiger partial charge in [-0.1, -0.05) is 50.2 Å². The summed E-state index contributed by atoms with van der Waals surface area (Å²) >= 11 is 0. The summed E-state index contributed by atoms with van der Waals surface area (Å²) in [6.07, 6.45) is 3.31. The van der Waals surface area contributed by atoms with Crippen LogP contribution in [0.3, 0.4) is 0 Å². The molecule has 3 aromatic carbocycles. The molecular weight excluding hydrogens is 488 g/mol. The molecule has 37 heavy (non-hydrogen) atoms. The predicted molar refractivity (Wildman–Crippen MR) is 146 cm³/mol. The van der Waals surface area contributed by atoms with Gasteiger partial charge in [0.25, 0.3) is 0 Å². The van der Waals surface area contributed by atoms with Gasteiger partial charge in [0.2, 0.25) is 15.9 Å². The Morgan fingerprint density at radius 1 is 1.00 bits per heavy atom. The second-order valence-corrected chi connectivity index (χ2v) is 11.3. The van der Waals surface area contributed by atoms with E-state index in [-0.39, 0.29) is 17.6 Å². The van der Waals surface area contributed by atoms with E-state index in [1.165, 1.54) is 0 Å². The molecule has 1 aliphatic heterocycles. The molecule has 0 saturated carbocycles. The molecule has 0 spiro atoms. The largest absolute Gasteiger partial charge is 0.487 e. The zero-order chi connectivity index (χ0) is 26.6. The van der Waals surface area contributed by atoms with E-state index in [9.17, 15) is 13.2 Å². The number of fused-ring (bicyclic) bond motifs is 1. The van der Waals surface area contributed by atoms with E-state index in [2.05, 4.69) is 19.2 Å². The maximum Gasteiger partial charge on any atom is 0.244 e. The van der Waals surface area contributed by atoms with Gasteiger partial charge < -0.3 is 14.8 Å². The number of para-hydroxylation sites is 2. The van der Waals surface area contributed by atoms with Gasteiger partial charge in [0, 0.05) is 12.0 Å². The summed E-state index contributed by atoms with van der Waals surface area (Å²) in [6, 6.07) is 22.4. The van der Waals surface area contributed by atoms with Crippen molar-refractivity contribution in [2.75, 3.05) is 10.6 Å². The Morgan fingerprint density at radius 3 is 2.22 bits per heavy atom. The number of rotatable bonds is 9. The molecule has 4 rings (SSSR count). The lowest BCUT2D eigenvalue weighted by atomic mass is 9.83. The van der Waals surface area contributed by atoms with Crippen LogP contribution in [0.1, 0.15) is 51.6 Å². The second-order valence-electron chi connectivity index (χ2n) is 9.44. The van der Waals surface area contributed by atoms with Gasteiger partial charge in [-0.3, -0.25) is 9.10 Å². The summed E-state index contributed by atoms with van der Waals surface area (Å²) in [5.41, 5.74) is 0.893. The van der Waals surface area contributed by atoms with Crippen LogP contribution in [0, 0.1) is 0 Å². The number of sulfonamides is 1. The number of carbonyl (C=O) groups excluding carboxylic acids is 1. The lowest BCUT2D eigenvalue weighted by Gasteiger charge is -2.42. The van der Waals surface area contributed by atoms with Crippen LogP contribution in [-0.4, -0.2) is 32.2 Å². The Balaban J connectivity index is 1.56. The highest BCUT2D eigenvalue weighted by Crippen LogP contribution is 2.42. The van der Waals surface area contributed by atoms with Crippen molar-refractivity contribution in [3.8, 4) is 17.2 Å². The van der Waals surface area contributed by atoms with Gasteiger partial charge >= 0.3 is 0 Å². The third-order valence-corrected chi connectivity index (χ3v) is 8.20. The number of anilines is 1. The molecule has 0 unspecified atom stereocenters. The summed E-state index contributed by atoms with van der Waals surface area (Å²) in [5.74, 6) is 1.62. The second kappa shape index (κ2) is 10.8. The van der Waals surface area contributed by atoms with Crippen molar-refractivity contribution >= 4 is 21.6 Å². The van der Waals surface area contributed by atoms with Crippen LogP contribution >= 0.6 is 0 Å². The van der Waals surface area contributed by atoms with Crippen LogP contribution in [0.15, 0.2) is 78.9 Å². The molecule has 196 valence electrons. The quantitative estimate of drug-likeness (QED) is 0.382. The van der Waals surface area contributed by atoms with Gasteiger partial charge in [0.05, 0.1) is 18.0 Å². The van der Waals surface area contributed by atoms with Crippen molar-refractivity contribution in [3.63, 3.8) is 0 Å². The fourth-order valence-corrected chi connectivity index (χ4v) is 5.99. The molecule has 1 heterocycles. The Kier molecular flexibility index (Phi) is 7.78. The van der Waals surface area contributed by atoms with E-state index in [1.807, 2.05) is 54.6 Å². The number of benzene rings is 3. The summed E-state index contributed by atoms with van der Waals surface area (Å²) in [5, 5.41) is 3.11. The number of amides is 1. The van der Waals surface area contributed by atoms with E-state index in [1.54, 1.807) is 31.2 Å². The first-order valence-corrected chi connectivity index (χ1v) is 14.4. The summed E-state index contributed by atoms with van der Waals surface area (Å²) in [7, 11) is -3.76. The van der Waals surface area contributed by atoms with E-state index >= 15 is 0 Å². The van der Waals surface area contributed by atoms with Gasteiger partial charge in [-0.05, 0) is 62.2 Å². The fraction of sp³-hybridized carbons (Fsp3) is 0.345. The maximum absolute atomic E-state index is 13.5. The molecule has 1 aliphatic rings. The molecule has 3 aromatic rings. The van der Waals surface area contributed by atoms with Crippen LogP contribution in [0.5, 0.6) is 17.2 Å². The molecule has 1 N–H and O–H groups in total. The number of nitrogens with one attached hydrogen (secondary N) is 1. The first-order chi connectivity index (χ1) is 17.7. The average Bonchev–Trinajstić information content (AvgIpc) is 2.89. The first-order valence-electron chi connectivity index (χ1n) is 12.6. The van der Waals surface area contributed by atoms with Crippen molar-refractivity contribution in [1.29, 1.82) is 0 Å². The number of hydrogen-bond donors (Lipinski definition) is 1. The van der Waals surface area contributed by atoms with Crippen molar-refractivity contribution in [2.45, 2.75) is 57.7 Å². The number of carbonyl (C=O) groups is 1. The summed E-state index contributed by atoms with van der Waals surface area (Å²) in [6.45, 7) is 5.76. The molecule has 0 saturated heterocycles.